The molecule has 1 amide bonds. The summed E-state index contributed by atoms with van der Waals surface area (Å²) in [6, 6.07) is 4.28. The summed E-state index contributed by atoms with van der Waals surface area (Å²) in [4.78, 5) is 21.9. The Bertz CT molecular complexity index is 529. The smallest absolute Gasteiger partial charge is 0.269 e. The molecule has 0 aliphatic heterocycles. The number of rotatable bonds is 13. The highest BCUT2D eigenvalue weighted by Gasteiger charge is 2.13. The van der Waals surface area contributed by atoms with E-state index in [0.717, 1.165) is 12.8 Å². The summed E-state index contributed by atoms with van der Waals surface area (Å²) in [6.07, 6.45) is 13.0. The Kier molecular flexibility index (Phi) is 9.73. The number of nitro benzene ring substituents is 1. The average Bonchev–Trinajstić information content (AvgIpc) is 2.56. The highest BCUT2D eigenvalue weighted by Crippen LogP contribution is 2.20. The molecule has 1 aromatic rings. The van der Waals surface area contributed by atoms with Crippen LogP contribution in [0.1, 0.15) is 87.1 Å². The number of hydrogen-bond donors (Lipinski definition) is 1. The fourth-order valence-corrected chi connectivity index (χ4v) is 2.94. The zero-order valence-electron chi connectivity index (χ0n) is 14.8. The molecule has 134 valence electrons. The highest BCUT2D eigenvalue weighted by molar-refractivity contribution is 5.94. The Morgan fingerprint density at radius 3 is 2.04 bits per heavy atom. The standard InChI is InChI=1S/C19H30N2O3/c1-2-3-4-5-6-7-8-9-10-11-12-16-15-17(21(23)24)13-14-18(16)19(20)22/h13-15H,2-12H2,1H3,(H2,20,22). The quantitative estimate of drug-likeness (QED) is 0.307. The Balaban J connectivity index is 2.30. The molecule has 1 rings (SSSR count). The monoisotopic (exact) mass is 334 g/mol. The van der Waals surface area contributed by atoms with Gasteiger partial charge in [0.25, 0.3) is 5.69 Å². The van der Waals surface area contributed by atoms with Crippen LogP contribution in [-0.2, 0) is 6.42 Å². The Morgan fingerprint density at radius 2 is 1.54 bits per heavy atom. The van der Waals surface area contributed by atoms with Gasteiger partial charge in [0, 0.05) is 17.7 Å². The zero-order valence-corrected chi connectivity index (χ0v) is 14.8. The summed E-state index contributed by atoms with van der Waals surface area (Å²) in [5.41, 5.74) is 6.46. The second-order valence-electron chi connectivity index (χ2n) is 6.39. The van der Waals surface area contributed by atoms with E-state index in [4.69, 9.17) is 5.73 Å². The molecule has 0 aliphatic rings. The van der Waals surface area contributed by atoms with Crippen LogP contribution in [0.2, 0.25) is 0 Å². The van der Waals surface area contributed by atoms with Crippen molar-refractivity contribution in [3.8, 4) is 0 Å². The van der Waals surface area contributed by atoms with Crippen molar-refractivity contribution in [1.82, 2.24) is 0 Å². The summed E-state index contributed by atoms with van der Waals surface area (Å²) >= 11 is 0. The van der Waals surface area contributed by atoms with E-state index in [0.29, 0.717) is 17.5 Å². The van der Waals surface area contributed by atoms with Gasteiger partial charge in [0.1, 0.15) is 0 Å². The number of carbonyl (C=O) groups excluding carboxylic acids is 1. The third-order valence-electron chi connectivity index (χ3n) is 4.36. The van der Waals surface area contributed by atoms with Gasteiger partial charge in [-0.05, 0) is 24.5 Å². The summed E-state index contributed by atoms with van der Waals surface area (Å²) in [5.74, 6) is -0.521. The van der Waals surface area contributed by atoms with E-state index < -0.39 is 10.8 Å². The van der Waals surface area contributed by atoms with Crippen LogP contribution >= 0.6 is 0 Å². The fourth-order valence-electron chi connectivity index (χ4n) is 2.94. The lowest BCUT2D eigenvalue weighted by Crippen LogP contribution is -2.14. The first-order valence-electron chi connectivity index (χ1n) is 9.13. The van der Waals surface area contributed by atoms with Gasteiger partial charge in [0.05, 0.1) is 4.92 Å². The predicted octanol–water partition coefficient (Wildman–Crippen LogP) is 5.16. The van der Waals surface area contributed by atoms with Gasteiger partial charge >= 0.3 is 0 Å². The van der Waals surface area contributed by atoms with Crippen molar-refractivity contribution in [2.45, 2.75) is 77.6 Å². The molecule has 0 fully saturated rings. The van der Waals surface area contributed by atoms with E-state index >= 15 is 0 Å². The van der Waals surface area contributed by atoms with Crippen LogP contribution in [0.15, 0.2) is 18.2 Å². The van der Waals surface area contributed by atoms with Crippen molar-refractivity contribution < 1.29 is 9.72 Å². The highest BCUT2D eigenvalue weighted by atomic mass is 16.6. The molecule has 0 spiro atoms. The molecule has 24 heavy (non-hydrogen) atoms. The molecule has 0 aromatic heterocycles. The number of amides is 1. The maximum absolute atomic E-state index is 11.4. The Labute approximate surface area is 144 Å². The molecule has 0 saturated carbocycles. The second kappa shape index (κ2) is 11.6. The van der Waals surface area contributed by atoms with Crippen molar-refractivity contribution in [1.29, 1.82) is 0 Å². The van der Waals surface area contributed by atoms with Crippen molar-refractivity contribution in [2.24, 2.45) is 5.73 Å². The number of hydrogen-bond acceptors (Lipinski definition) is 3. The molecule has 5 nitrogen and oxygen atoms in total. The van der Waals surface area contributed by atoms with Gasteiger partial charge in [-0.1, -0.05) is 64.7 Å². The molecule has 0 bridgehead atoms. The topological polar surface area (TPSA) is 86.2 Å². The number of unbranched alkanes of at least 4 members (excludes halogenated alkanes) is 9. The Morgan fingerprint density at radius 1 is 1.00 bits per heavy atom. The molecule has 0 radical (unpaired) electrons. The van der Waals surface area contributed by atoms with Crippen LogP contribution in [0.3, 0.4) is 0 Å². The van der Waals surface area contributed by atoms with E-state index in [2.05, 4.69) is 6.92 Å². The minimum absolute atomic E-state index is 0.0158. The van der Waals surface area contributed by atoms with Crippen molar-refractivity contribution in [3.05, 3.63) is 39.4 Å². The molecular weight excluding hydrogens is 304 g/mol. The average molecular weight is 334 g/mol. The van der Waals surface area contributed by atoms with Gasteiger partial charge in [0.15, 0.2) is 0 Å². The van der Waals surface area contributed by atoms with Crippen LogP contribution < -0.4 is 5.73 Å². The molecule has 0 heterocycles. The van der Waals surface area contributed by atoms with Crippen LogP contribution in [0, 0.1) is 10.1 Å². The first kappa shape index (κ1) is 20.1. The van der Waals surface area contributed by atoms with Gasteiger partial charge in [-0.3, -0.25) is 14.9 Å². The number of nitro groups is 1. The number of benzene rings is 1. The number of non-ortho nitro benzene ring substituents is 1. The summed E-state index contributed by atoms with van der Waals surface area (Å²) in [5, 5.41) is 10.9. The maximum atomic E-state index is 11.4. The van der Waals surface area contributed by atoms with Crippen LogP contribution in [0.25, 0.3) is 0 Å². The summed E-state index contributed by atoms with van der Waals surface area (Å²) in [6.45, 7) is 2.23. The van der Waals surface area contributed by atoms with E-state index in [9.17, 15) is 14.9 Å². The van der Waals surface area contributed by atoms with Crippen molar-refractivity contribution in [2.75, 3.05) is 0 Å². The second-order valence-corrected chi connectivity index (χ2v) is 6.39. The van der Waals surface area contributed by atoms with Crippen molar-refractivity contribution >= 4 is 11.6 Å². The third-order valence-corrected chi connectivity index (χ3v) is 4.36. The molecule has 0 atom stereocenters. The van der Waals surface area contributed by atoms with Crippen LogP contribution in [0.4, 0.5) is 5.69 Å². The number of primary amides is 1. The van der Waals surface area contributed by atoms with Gasteiger partial charge in [-0.15, -0.1) is 0 Å². The number of aryl methyl sites for hydroxylation is 1. The molecule has 1 aromatic carbocycles. The lowest BCUT2D eigenvalue weighted by atomic mass is 9.99. The van der Waals surface area contributed by atoms with Gasteiger partial charge in [-0.25, -0.2) is 0 Å². The van der Waals surface area contributed by atoms with Gasteiger partial charge in [0.2, 0.25) is 5.91 Å². The first-order valence-corrected chi connectivity index (χ1v) is 9.13. The minimum atomic E-state index is -0.521. The number of nitrogens with two attached hydrogens (primary N) is 1. The fraction of sp³-hybridized carbons (Fsp3) is 0.632. The van der Waals surface area contributed by atoms with Crippen LogP contribution in [-0.4, -0.2) is 10.8 Å². The van der Waals surface area contributed by atoms with E-state index in [1.165, 1.54) is 69.6 Å². The normalized spacial score (nSPS) is 10.7. The molecule has 5 heteroatoms. The Hall–Kier alpha value is -1.91. The summed E-state index contributed by atoms with van der Waals surface area (Å²) in [7, 11) is 0. The molecule has 0 unspecified atom stereocenters. The summed E-state index contributed by atoms with van der Waals surface area (Å²) < 4.78 is 0. The third kappa shape index (κ3) is 7.57. The maximum Gasteiger partial charge on any atom is 0.269 e. The number of nitrogens with zero attached hydrogens (tertiary/aromatic N) is 1. The molecule has 2 N–H and O–H groups in total. The molecular formula is C19H30N2O3. The molecule has 0 aliphatic carbocycles. The lowest BCUT2D eigenvalue weighted by Gasteiger charge is -2.07. The van der Waals surface area contributed by atoms with Crippen LogP contribution in [0.5, 0.6) is 0 Å². The predicted molar refractivity (Wildman–Crippen MR) is 97.2 cm³/mol. The van der Waals surface area contributed by atoms with Gasteiger partial charge < -0.3 is 5.73 Å². The number of carbonyl (C=O) groups is 1. The van der Waals surface area contributed by atoms with Gasteiger partial charge in [-0.2, -0.15) is 0 Å². The van der Waals surface area contributed by atoms with E-state index in [1.807, 2.05) is 0 Å². The largest absolute Gasteiger partial charge is 0.366 e. The lowest BCUT2D eigenvalue weighted by molar-refractivity contribution is -0.384. The van der Waals surface area contributed by atoms with Crippen molar-refractivity contribution in [3.63, 3.8) is 0 Å². The first-order chi connectivity index (χ1) is 11.6. The SMILES string of the molecule is CCCCCCCCCCCCc1cc([N+](=O)[O-])ccc1C(N)=O. The minimum Gasteiger partial charge on any atom is -0.366 e. The zero-order chi connectivity index (χ0) is 17.8. The molecule has 0 saturated heterocycles. The van der Waals surface area contributed by atoms with E-state index in [1.54, 1.807) is 0 Å². The van der Waals surface area contributed by atoms with E-state index in [-0.39, 0.29) is 5.69 Å².